The van der Waals surface area contributed by atoms with Gasteiger partial charge < -0.3 is 9.67 Å². The van der Waals surface area contributed by atoms with Gasteiger partial charge in [-0.1, -0.05) is 6.07 Å². The van der Waals surface area contributed by atoms with Gasteiger partial charge in [0.1, 0.15) is 6.10 Å². The summed E-state index contributed by atoms with van der Waals surface area (Å²) in [6, 6.07) is 3.83. The molecule has 1 N–H and O–H groups in total. The van der Waals surface area contributed by atoms with E-state index in [0.29, 0.717) is 5.69 Å². The molecule has 0 saturated heterocycles. The van der Waals surface area contributed by atoms with Gasteiger partial charge in [0.15, 0.2) is 0 Å². The van der Waals surface area contributed by atoms with E-state index in [1.54, 1.807) is 6.33 Å². The highest BCUT2D eigenvalue weighted by Gasteiger charge is 2.13. The molecule has 0 saturated carbocycles. The minimum Gasteiger partial charge on any atom is -0.381 e. The normalized spacial score (nSPS) is 13.1. The summed E-state index contributed by atoms with van der Waals surface area (Å²) >= 11 is 1.54. The van der Waals surface area contributed by atoms with Gasteiger partial charge in [-0.15, -0.1) is 11.3 Å². The average Bonchev–Trinajstić information content (AvgIpc) is 2.72. The first-order chi connectivity index (χ1) is 6.27. The van der Waals surface area contributed by atoms with E-state index in [2.05, 4.69) is 4.98 Å². The highest BCUT2D eigenvalue weighted by atomic mass is 32.1. The van der Waals surface area contributed by atoms with Gasteiger partial charge in [-0.2, -0.15) is 0 Å². The Morgan fingerprint density at radius 3 is 3.00 bits per heavy atom. The molecule has 13 heavy (non-hydrogen) atoms. The van der Waals surface area contributed by atoms with Gasteiger partial charge in [-0.05, 0) is 11.4 Å². The molecule has 2 aromatic rings. The molecule has 0 radical (unpaired) electrons. The Kier molecular flexibility index (Phi) is 2.16. The van der Waals surface area contributed by atoms with Crippen molar-refractivity contribution in [2.75, 3.05) is 0 Å². The third-order valence-corrected chi connectivity index (χ3v) is 2.74. The molecular weight excluding hydrogens is 184 g/mol. The van der Waals surface area contributed by atoms with Crippen LogP contribution in [-0.2, 0) is 7.05 Å². The smallest absolute Gasteiger partial charge is 0.132 e. The van der Waals surface area contributed by atoms with Crippen LogP contribution in [0.2, 0.25) is 0 Å². The Morgan fingerprint density at radius 1 is 1.62 bits per heavy atom. The number of hydrogen-bond donors (Lipinski definition) is 1. The van der Waals surface area contributed by atoms with Crippen LogP contribution >= 0.6 is 11.3 Å². The fourth-order valence-corrected chi connectivity index (χ4v) is 1.89. The molecule has 0 aliphatic rings. The number of thiophene rings is 1. The molecule has 0 aliphatic heterocycles. The predicted octanol–water partition coefficient (Wildman–Crippen LogP) is 1.56. The lowest BCUT2D eigenvalue weighted by Gasteiger charge is -2.03. The van der Waals surface area contributed by atoms with Crippen LogP contribution in [0.25, 0.3) is 0 Å². The van der Waals surface area contributed by atoms with Gasteiger partial charge in [-0.3, -0.25) is 0 Å². The van der Waals surface area contributed by atoms with Crippen molar-refractivity contribution in [2.24, 2.45) is 7.05 Å². The highest BCUT2D eigenvalue weighted by Crippen LogP contribution is 2.23. The second kappa shape index (κ2) is 3.32. The topological polar surface area (TPSA) is 38.0 Å². The van der Waals surface area contributed by atoms with Gasteiger partial charge in [-0.25, -0.2) is 4.98 Å². The van der Waals surface area contributed by atoms with E-state index in [-0.39, 0.29) is 0 Å². The number of aromatic nitrogens is 2. The molecule has 0 fully saturated rings. The molecule has 1 atom stereocenters. The molecule has 4 heteroatoms. The fraction of sp³-hybridized carbons (Fsp3) is 0.222. The Balaban J connectivity index is 2.28. The van der Waals surface area contributed by atoms with Crippen LogP contribution in [-0.4, -0.2) is 14.7 Å². The lowest BCUT2D eigenvalue weighted by Crippen LogP contribution is -1.96. The van der Waals surface area contributed by atoms with E-state index in [0.717, 1.165) is 4.88 Å². The van der Waals surface area contributed by atoms with Gasteiger partial charge >= 0.3 is 0 Å². The molecule has 0 bridgehead atoms. The fourth-order valence-electron chi connectivity index (χ4n) is 1.17. The molecule has 0 amide bonds. The van der Waals surface area contributed by atoms with E-state index in [1.807, 2.05) is 35.3 Å². The number of rotatable bonds is 2. The summed E-state index contributed by atoms with van der Waals surface area (Å²) in [6.45, 7) is 0. The number of aryl methyl sites for hydroxylation is 1. The molecule has 3 nitrogen and oxygen atoms in total. The van der Waals surface area contributed by atoms with Gasteiger partial charge in [0.25, 0.3) is 0 Å². The van der Waals surface area contributed by atoms with Crippen LogP contribution in [0, 0.1) is 0 Å². The highest BCUT2D eigenvalue weighted by molar-refractivity contribution is 7.10. The summed E-state index contributed by atoms with van der Waals surface area (Å²) in [5.74, 6) is 0. The van der Waals surface area contributed by atoms with Crippen LogP contribution < -0.4 is 0 Å². The van der Waals surface area contributed by atoms with Gasteiger partial charge in [0.05, 0.1) is 12.0 Å². The Bertz CT molecular complexity index is 380. The van der Waals surface area contributed by atoms with Crippen molar-refractivity contribution in [3.63, 3.8) is 0 Å². The summed E-state index contributed by atoms with van der Waals surface area (Å²) in [5.41, 5.74) is 0.699. The summed E-state index contributed by atoms with van der Waals surface area (Å²) in [4.78, 5) is 5.02. The maximum Gasteiger partial charge on any atom is 0.132 e. The zero-order chi connectivity index (χ0) is 9.26. The first-order valence-corrected chi connectivity index (χ1v) is 4.84. The zero-order valence-electron chi connectivity index (χ0n) is 7.21. The van der Waals surface area contributed by atoms with Crippen LogP contribution in [0.4, 0.5) is 0 Å². The van der Waals surface area contributed by atoms with Crippen molar-refractivity contribution >= 4 is 11.3 Å². The molecule has 0 aliphatic carbocycles. The predicted molar refractivity (Wildman–Crippen MR) is 51.6 cm³/mol. The van der Waals surface area contributed by atoms with Gasteiger partial charge in [0.2, 0.25) is 0 Å². The molecule has 0 aromatic carbocycles. The van der Waals surface area contributed by atoms with E-state index in [4.69, 9.17) is 0 Å². The number of hydrogen-bond acceptors (Lipinski definition) is 3. The minimum atomic E-state index is -0.582. The van der Waals surface area contributed by atoms with Crippen LogP contribution in [0.5, 0.6) is 0 Å². The largest absolute Gasteiger partial charge is 0.381 e. The van der Waals surface area contributed by atoms with Crippen molar-refractivity contribution in [1.82, 2.24) is 9.55 Å². The number of aliphatic hydroxyl groups excluding tert-OH is 1. The lowest BCUT2D eigenvalue weighted by atomic mass is 10.2. The Morgan fingerprint density at radius 2 is 2.46 bits per heavy atom. The van der Waals surface area contributed by atoms with E-state index in [1.165, 1.54) is 11.3 Å². The summed E-state index contributed by atoms with van der Waals surface area (Å²) in [7, 11) is 1.89. The summed E-state index contributed by atoms with van der Waals surface area (Å²) in [5, 5.41) is 11.8. The van der Waals surface area contributed by atoms with E-state index in [9.17, 15) is 5.11 Å². The second-order valence-corrected chi connectivity index (χ2v) is 3.86. The SMILES string of the molecule is Cn1cnc(C(O)c2cccs2)c1. The summed E-state index contributed by atoms with van der Waals surface area (Å²) < 4.78 is 1.83. The first-order valence-electron chi connectivity index (χ1n) is 3.96. The molecule has 2 aromatic heterocycles. The van der Waals surface area contributed by atoms with Gasteiger partial charge in [0, 0.05) is 18.1 Å². The van der Waals surface area contributed by atoms with Crippen LogP contribution in [0.15, 0.2) is 30.0 Å². The molecular formula is C9H10N2OS. The molecule has 0 spiro atoms. The third-order valence-electron chi connectivity index (χ3n) is 1.82. The molecule has 2 rings (SSSR count). The first kappa shape index (κ1) is 8.47. The summed E-state index contributed by atoms with van der Waals surface area (Å²) in [6.07, 6.45) is 2.93. The van der Waals surface area contributed by atoms with Crippen molar-refractivity contribution in [1.29, 1.82) is 0 Å². The maximum absolute atomic E-state index is 9.83. The molecule has 68 valence electrons. The third kappa shape index (κ3) is 1.64. The van der Waals surface area contributed by atoms with Crippen molar-refractivity contribution in [2.45, 2.75) is 6.10 Å². The Labute approximate surface area is 80.3 Å². The zero-order valence-corrected chi connectivity index (χ0v) is 8.03. The molecule has 2 heterocycles. The maximum atomic E-state index is 9.83. The quantitative estimate of drug-likeness (QED) is 0.788. The minimum absolute atomic E-state index is 0.582. The number of imidazole rings is 1. The number of aliphatic hydroxyl groups is 1. The standard InChI is InChI=1S/C9H10N2OS/c1-11-5-7(10-6-11)9(12)8-3-2-4-13-8/h2-6,9,12H,1H3. The average molecular weight is 194 g/mol. The second-order valence-electron chi connectivity index (χ2n) is 2.88. The van der Waals surface area contributed by atoms with Crippen molar-refractivity contribution in [3.05, 3.63) is 40.6 Å². The Hall–Kier alpha value is -1.13. The number of nitrogens with zero attached hydrogens (tertiary/aromatic N) is 2. The van der Waals surface area contributed by atoms with Crippen LogP contribution in [0.3, 0.4) is 0 Å². The van der Waals surface area contributed by atoms with E-state index >= 15 is 0 Å². The van der Waals surface area contributed by atoms with Crippen LogP contribution in [0.1, 0.15) is 16.7 Å². The molecule has 1 unspecified atom stereocenters. The monoisotopic (exact) mass is 194 g/mol. The van der Waals surface area contributed by atoms with E-state index < -0.39 is 6.10 Å². The van der Waals surface area contributed by atoms with Crippen molar-refractivity contribution in [3.8, 4) is 0 Å². The lowest BCUT2D eigenvalue weighted by molar-refractivity contribution is 0.219. The van der Waals surface area contributed by atoms with Crippen molar-refractivity contribution < 1.29 is 5.11 Å².